The Kier molecular flexibility index (Phi) is 7.38. The molecule has 0 fully saturated rings. The number of fused-ring (bicyclic) bond motifs is 3. The summed E-state index contributed by atoms with van der Waals surface area (Å²) < 4.78 is 6.06. The Morgan fingerprint density at radius 1 is 0.810 bits per heavy atom. The van der Waals surface area contributed by atoms with Gasteiger partial charge in [0.15, 0.2) is 0 Å². The van der Waals surface area contributed by atoms with Gasteiger partial charge in [-0.1, -0.05) is 78.9 Å². The van der Waals surface area contributed by atoms with E-state index in [4.69, 9.17) is 10.5 Å². The first-order valence-electron chi connectivity index (χ1n) is 13.7. The Bertz CT molecular complexity index is 1720. The molecule has 4 aromatic carbocycles. The summed E-state index contributed by atoms with van der Waals surface area (Å²) in [6, 6.07) is 26.4. The van der Waals surface area contributed by atoms with E-state index in [9.17, 15) is 14.4 Å². The number of carbonyl (C=O) groups is 3. The van der Waals surface area contributed by atoms with E-state index in [2.05, 4.69) is 20.6 Å². The van der Waals surface area contributed by atoms with Crippen LogP contribution in [0.2, 0.25) is 0 Å². The van der Waals surface area contributed by atoms with Gasteiger partial charge in [-0.15, -0.1) is 0 Å². The van der Waals surface area contributed by atoms with Crippen molar-refractivity contribution in [2.24, 2.45) is 5.73 Å². The lowest BCUT2D eigenvalue weighted by molar-refractivity contribution is -0.131. The Morgan fingerprint density at radius 3 is 2.17 bits per heavy atom. The lowest BCUT2D eigenvalue weighted by Gasteiger charge is -2.29. The number of H-pyrrole nitrogens is 1. The minimum atomic E-state index is -1.01. The van der Waals surface area contributed by atoms with Gasteiger partial charge in [-0.2, -0.15) is 0 Å². The number of carbonyl (C=O) groups excluding carboxylic acids is 3. The van der Waals surface area contributed by atoms with Crippen LogP contribution in [0.4, 0.5) is 0 Å². The molecular formula is C33H29N5O4. The first-order chi connectivity index (χ1) is 20.5. The molecule has 0 radical (unpaired) electrons. The summed E-state index contributed by atoms with van der Waals surface area (Å²) in [5.74, 6) is -1.11. The van der Waals surface area contributed by atoms with Crippen molar-refractivity contribution in [2.75, 3.05) is 0 Å². The number of ether oxygens (including phenoxy) is 1. The largest absolute Gasteiger partial charge is 0.457 e. The van der Waals surface area contributed by atoms with Crippen LogP contribution in [-0.2, 0) is 27.2 Å². The van der Waals surface area contributed by atoms with Crippen molar-refractivity contribution < 1.29 is 19.1 Å². The number of nitrogens with two attached hydrogens (primary N) is 1. The van der Waals surface area contributed by atoms with Crippen LogP contribution in [0.25, 0.3) is 10.8 Å². The molecule has 2 atom stereocenters. The summed E-state index contributed by atoms with van der Waals surface area (Å²) in [5, 5.41) is 7.76. The van der Waals surface area contributed by atoms with Crippen molar-refractivity contribution >= 4 is 28.5 Å². The van der Waals surface area contributed by atoms with Gasteiger partial charge in [0.2, 0.25) is 17.7 Å². The third-order valence-electron chi connectivity index (χ3n) is 7.52. The average molecular weight is 560 g/mol. The van der Waals surface area contributed by atoms with E-state index in [1.54, 1.807) is 6.20 Å². The molecule has 1 aromatic heterocycles. The van der Waals surface area contributed by atoms with Crippen LogP contribution in [0.5, 0.6) is 11.5 Å². The monoisotopic (exact) mass is 559 g/mol. The Labute approximate surface area is 242 Å². The van der Waals surface area contributed by atoms with E-state index < -0.39 is 29.8 Å². The Hall–Kier alpha value is -5.44. The van der Waals surface area contributed by atoms with Gasteiger partial charge in [0.25, 0.3) is 0 Å². The van der Waals surface area contributed by atoms with Crippen LogP contribution in [0.3, 0.4) is 0 Å². The zero-order chi connectivity index (χ0) is 29.1. The second kappa shape index (κ2) is 11.6. The number of primary amides is 1. The van der Waals surface area contributed by atoms with Gasteiger partial charge in [-0.25, -0.2) is 4.98 Å². The molecule has 9 heteroatoms. The molecule has 3 amide bonds. The SMILES string of the molecule is NC(=O)[C@@H](Cc1cnc[nH]1)NC(=O)[C@@H](Cc1cccc2ccccc12)NC(=O)C1c2ccccc2Oc2ccccc21. The quantitative estimate of drug-likeness (QED) is 0.218. The highest BCUT2D eigenvalue weighted by Crippen LogP contribution is 2.44. The predicted molar refractivity (Wildman–Crippen MR) is 158 cm³/mol. The van der Waals surface area contributed by atoms with Gasteiger partial charge in [-0.3, -0.25) is 14.4 Å². The fourth-order valence-corrected chi connectivity index (χ4v) is 5.46. The zero-order valence-electron chi connectivity index (χ0n) is 22.6. The van der Waals surface area contributed by atoms with Gasteiger partial charge >= 0.3 is 0 Å². The minimum absolute atomic E-state index is 0.136. The number of rotatable bonds is 9. The number of nitrogens with one attached hydrogen (secondary N) is 3. The number of benzene rings is 4. The van der Waals surface area contributed by atoms with Crippen molar-refractivity contribution in [1.29, 1.82) is 0 Å². The highest BCUT2D eigenvalue weighted by Gasteiger charge is 2.35. The van der Waals surface area contributed by atoms with Crippen LogP contribution < -0.4 is 21.1 Å². The second-order valence-electron chi connectivity index (χ2n) is 10.3. The van der Waals surface area contributed by atoms with Crippen molar-refractivity contribution in [2.45, 2.75) is 30.8 Å². The molecule has 0 saturated carbocycles. The van der Waals surface area contributed by atoms with Crippen LogP contribution in [0.1, 0.15) is 28.3 Å². The normalized spacial score (nSPS) is 13.7. The number of hydrogen-bond donors (Lipinski definition) is 4. The molecule has 0 spiro atoms. The van der Waals surface area contributed by atoms with Crippen LogP contribution in [-0.4, -0.2) is 39.8 Å². The van der Waals surface area contributed by atoms with Crippen LogP contribution in [0.15, 0.2) is 104 Å². The molecule has 0 unspecified atom stereocenters. The Morgan fingerprint density at radius 2 is 1.48 bits per heavy atom. The van der Waals surface area contributed by atoms with Crippen molar-refractivity contribution in [3.63, 3.8) is 0 Å². The molecule has 5 aromatic rings. The molecule has 0 saturated heterocycles. The van der Waals surface area contributed by atoms with E-state index in [1.807, 2.05) is 91.0 Å². The van der Waals surface area contributed by atoms with Gasteiger partial charge < -0.3 is 26.1 Å². The van der Waals surface area contributed by atoms with Gasteiger partial charge in [0.05, 0.1) is 12.2 Å². The third kappa shape index (κ3) is 5.44. The highest BCUT2D eigenvalue weighted by atomic mass is 16.5. The summed E-state index contributed by atoms with van der Waals surface area (Å²) in [5.41, 5.74) is 8.59. The Balaban J connectivity index is 1.34. The topological polar surface area (TPSA) is 139 Å². The molecule has 210 valence electrons. The highest BCUT2D eigenvalue weighted by molar-refractivity contribution is 5.96. The zero-order valence-corrected chi connectivity index (χ0v) is 22.6. The predicted octanol–water partition coefficient (Wildman–Crippen LogP) is 3.74. The molecule has 5 N–H and O–H groups in total. The van der Waals surface area contributed by atoms with E-state index in [0.29, 0.717) is 28.3 Å². The van der Waals surface area contributed by atoms with Crippen molar-refractivity contribution in [3.05, 3.63) is 126 Å². The lowest BCUT2D eigenvalue weighted by atomic mass is 9.87. The number of aromatic nitrogens is 2. The average Bonchev–Trinajstić information content (AvgIpc) is 3.52. The minimum Gasteiger partial charge on any atom is -0.457 e. The van der Waals surface area contributed by atoms with Gasteiger partial charge in [0, 0.05) is 35.9 Å². The maximum Gasteiger partial charge on any atom is 0.243 e. The lowest BCUT2D eigenvalue weighted by Crippen LogP contribution is -2.55. The first-order valence-corrected chi connectivity index (χ1v) is 13.7. The number of nitrogens with zero attached hydrogens (tertiary/aromatic N) is 1. The molecule has 1 aliphatic heterocycles. The van der Waals surface area contributed by atoms with E-state index in [0.717, 1.165) is 16.3 Å². The van der Waals surface area contributed by atoms with Crippen LogP contribution >= 0.6 is 0 Å². The number of amides is 3. The maximum atomic E-state index is 14.1. The molecule has 1 aliphatic rings. The summed E-state index contributed by atoms with van der Waals surface area (Å²) in [7, 11) is 0. The smallest absolute Gasteiger partial charge is 0.243 e. The molecule has 6 rings (SSSR count). The fourth-order valence-electron chi connectivity index (χ4n) is 5.46. The summed E-state index contributed by atoms with van der Waals surface area (Å²) in [6.07, 6.45) is 3.39. The van der Waals surface area contributed by atoms with Crippen LogP contribution in [0, 0.1) is 0 Å². The molecule has 0 aliphatic carbocycles. The van der Waals surface area contributed by atoms with E-state index in [1.165, 1.54) is 6.33 Å². The summed E-state index contributed by atoms with van der Waals surface area (Å²) in [4.78, 5) is 47.2. The second-order valence-corrected chi connectivity index (χ2v) is 10.3. The molecule has 2 heterocycles. The number of imidazole rings is 1. The first kappa shape index (κ1) is 26.8. The fraction of sp³-hybridized carbons (Fsp3) is 0.152. The standard InChI is InChI=1S/C33H29N5O4/c34-31(39)26(17-22-18-35-19-36-22)37-32(40)27(16-21-10-7-9-20-8-1-2-11-23(20)21)38-33(41)30-24-12-3-5-14-28(24)42-29-15-6-4-13-25(29)30/h1-15,18-19,26-27,30H,16-17H2,(H2,34,39)(H,35,36)(H,37,40)(H,38,41)/t26-,27-/m1/s1. The van der Waals surface area contributed by atoms with Gasteiger partial charge in [-0.05, 0) is 28.5 Å². The van der Waals surface area contributed by atoms with E-state index >= 15 is 0 Å². The number of aromatic amines is 1. The van der Waals surface area contributed by atoms with Crippen molar-refractivity contribution in [1.82, 2.24) is 20.6 Å². The third-order valence-corrected chi connectivity index (χ3v) is 7.52. The van der Waals surface area contributed by atoms with E-state index in [-0.39, 0.29) is 18.7 Å². The summed E-state index contributed by atoms with van der Waals surface area (Å²) >= 11 is 0. The molecule has 9 nitrogen and oxygen atoms in total. The molecule has 42 heavy (non-hydrogen) atoms. The van der Waals surface area contributed by atoms with Gasteiger partial charge in [0.1, 0.15) is 23.6 Å². The molecule has 0 bridgehead atoms. The summed E-state index contributed by atoms with van der Waals surface area (Å²) in [6.45, 7) is 0. The molecular weight excluding hydrogens is 530 g/mol. The maximum absolute atomic E-state index is 14.1. The number of hydrogen-bond acceptors (Lipinski definition) is 5. The number of para-hydroxylation sites is 2. The van der Waals surface area contributed by atoms with Crippen molar-refractivity contribution in [3.8, 4) is 11.5 Å².